The van der Waals surface area contributed by atoms with Gasteiger partial charge in [0.15, 0.2) is 0 Å². The van der Waals surface area contributed by atoms with Crippen molar-refractivity contribution in [2.24, 2.45) is 0 Å². The van der Waals surface area contributed by atoms with E-state index in [2.05, 4.69) is 4.72 Å². The van der Waals surface area contributed by atoms with Gasteiger partial charge in [0.25, 0.3) is 0 Å². The minimum absolute atomic E-state index is 0.204. The lowest BCUT2D eigenvalue weighted by molar-refractivity contribution is 0.0692. The number of hydrogen-bond donors (Lipinski definition) is 3. The summed E-state index contributed by atoms with van der Waals surface area (Å²) < 4.78 is 27.1. The zero-order valence-corrected chi connectivity index (χ0v) is 12.4. The molecule has 0 saturated heterocycles. The number of rotatable bonds is 7. The lowest BCUT2D eigenvalue weighted by atomic mass is 10.1. The van der Waals surface area contributed by atoms with Crippen molar-refractivity contribution in [1.82, 2.24) is 4.72 Å². The molecule has 1 atom stereocenters. The number of carboxylic acid groups (broad SMARTS) is 1. The van der Waals surface area contributed by atoms with Crippen LogP contribution >= 0.6 is 0 Å². The van der Waals surface area contributed by atoms with Gasteiger partial charge >= 0.3 is 5.97 Å². The van der Waals surface area contributed by atoms with Gasteiger partial charge in [-0.15, -0.1) is 0 Å². The van der Waals surface area contributed by atoms with Crippen molar-refractivity contribution in [2.45, 2.75) is 44.0 Å². The van der Waals surface area contributed by atoms with E-state index in [1.54, 1.807) is 0 Å². The van der Waals surface area contributed by atoms with Crippen LogP contribution in [0.4, 0.5) is 5.69 Å². The Kier molecular flexibility index (Phi) is 5.52. The highest BCUT2D eigenvalue weighted by atomic mass is 32.2. The van der Waals surface area contributed by atoms with Gasteiger partial charge in [-0.2, -0.15) is 0 Å². The van der Waals surface area contributed by atoms with Gasteiger partial charge in [-0.1, -0.05) is 20.3 Å². The summed E-state index contributed by atoms with van der Waals surface area (Å²) in [6, 6.07) is 3.54. The third kappa shape index (κ3) is 3.94. The van der Waals surface area contributed by atoms with Crippen LogP contribution in [-0.2, 0) is 10.0 Å². The first kappa shape index (κ1) is 16.5. The molecule has 0 aromatic heterocycles. The molecule has 112 valence electrons. The van der Waals surface area contributed by atoms with Crippen molar-refractivity contribution in [3.63, 3.8) is 0 Å². The Morgan fingerprint density at radius 3 is 2.55 bits per heavy atom. The molecule has 20 heavy (non-hydrogen) atoms. The van der Waals surface area contributed by atoms with Gasteiger partial charge in [0.1, 0.15) is 0 Å². The molecule has 6 nitrogen and oxygen atoms in total. The van der Waals surface area contributed by atoms with Crippen LogP contribution in [0.25, 0.3) is 0 Å². The first-order valence-corrected chi connectivity index (χ1v) is 7.95. The topological polar surface area (TPSA) is 109 Å². The fourth-order valence-electron chi connectivity index (χ4n) is 1.93. The Morgan fingerprint density at radius 1 is 1.40 bits per heavy atom. The number of nitrogen functional groups attached to an aromatic ring is 1. The molecule has 1 aromatic carbocycles. The summed E-state index contributed by atoms with van der Waals surface area (Å²) in [6.07, 6.45) is 2.19. The normalized spacial score (nSPS) is 13.1. The van der Waals surface area contributed by atoms with Gasteiger partial charge in [0.2, 0.25) is 10.0 Å². The number of carboxylic acids is 1. The van der Waals surface area contributed by atoms with Crippen LogP contribution in [0.5, 0.6) is 0 Å². The molecule has 0 aliphatic rings. The number of nitrogens with two attached hydrogens (primary N) is 1. The average molecular weight is 300 g/mol. The van der Waals surface area contributed by atoms with Crippen molar-refractivity contribution in [2.75, 3.05) is 5.73 Å². The van der Waals surface area contributed by atoms with Gasteiger partial charge in [-0.25, -0.2) is 17.9 Å². The summed E-state index contributed by atoms with van der Waals surface area (Å²) in [5, 5.41) is 9.10. The SMILES string of the molecule is CCCC(CC)NS(=O)(=O)c1ccc(N)cc1C(=O)O. The van der Waals surface area contributed by atoms with E-state index in [9.17, 15) is 13.2 Å². The van der Waals surface area contributed by atoms with E-state index >= 15 is 0 Å². The largest absolute Gasteiger partial charge is 0.478 e. The first-order valence-electron chi connectivity index (χ1n) is 6.47. The quantitative estimate of drug-likeness (QED) is 0.665. The maximum absolute atomic E-state index is 12.3. The molecular formula is C13H20N2O4S. The number of aromatic carboxylic acids is 1. The van der Waals surface area contributed by atoms with Crippen LogP contribution in [0.2, 0.25) is 0 Å². The number of benzene rings is 1. The zero-order chi connectivity index (χ0) is 15.3. The van der Waals surface area contributed by atoms with Crippen LogP contribution in [-0.4, -0.2) is 25.5 Å². The molecule has 1 unspecified atom stereocenters. The molecule has 0 radical (unpaired) electrons. The molecule has 0 aliphatic heterocycles. The van der Waals surface area contributed by atoms with E-state index in [-0.39, 0.29) is 22.2 Å². The Labute approximate surface area is 119 Å². The van der Waals surface area contributed by atoms with Crippen LogP contribution in [0.15, 0.2) is 23.1 Å². The molecule has 0 spiro atoms. The van der Waals surface area contributed by atoms with Crippen LogP contribution in [0.1, 0.15) is 43.5 Å². The second-order valence-electron chi connectivity index (χ2n) is 4.58. The van der Waals surface area contributed by atoms with E-state index in [0.29, 0.717) is 12.8 Å². The van der Waals surface area contributed by atoms with Crippen molar-refractivity contribution >= 4 is 21.7 Å². The lowest BCUT2D eigenvalue weighted by Gasteiger charge is -2.17. The smallest absolute Gasteiger partial charge is 0.337 e. The van der Waals surface area contributed by atoms with Gasteiger partial charge in [0.05, 0.1) is 10.5 Å². The minimum Gasteiger partial charge on any atom is -0.478 e. The van der Waals surface area contributed by atoms with E-state index in [4.69, 9.17) is 10.8 Å². The molecule has 0 amide bonds. The van der Waals surface area contributed by atoms with Crippen molar-refractivity contribution in [1.29, 1.82) is 0 Å². The molecule has 7 heteroatoms. The standard InChI is InChI=1S/C13H20N2O4S/c1-3-5-10(4-2)15-20(18,19)12-7-6-9(14)8-11(12)13(16)17/h6-8,10,15H,3-5,14H2,1-2H3,(H,16,17). The van der Waals surface area contributed by atoms with Gasteiger partial charge in [-0.3, -0.25) is 0 Å². The van der Waals surface area contributed by atoms with Crippen LogP contribution in [0.3, 0.4) is 0 Å². The predicted octanol–water partition coefficient (Wildman–Crippen LogP) is 1.82. The van der Waals surface area contributed by atoms with Crippen molar-refractivity contribution in [3.05, 3.63) is 23.8 Å². The highest BCUT2D eigenvalue weighted by Crippen LogP contribution is 2.20. The summed E-state index contributed by atoms with van der Waals surface area (Å²) in [4.78, 5) is 10.9. The number of sulfonamides is 1. The highest BCUT2D eigenvalue weighted by Gasteiger charge is 2.24. The van der Waals surface area contributed by atoms with Crippen molar-refractivity contribution in [3.8, 4) is 0 Å². The van der Waals surface area contributed by atoms with E-state index in [1.807, 2.05) is 13.8 Å². The monoisotopic (exact) mass is 300 g/mol. The molecule has 0 heterocycles. The second kappa shape index (κ2) is 6.71. The van der Waals surface area contributed by atoms with E-state index in [0.717, 1.165) is 12.5 Å². The average Bonchev–Trinajstić information content (AvgIpc) is 2.37. The molecule has 0 aliphatic carbocycles. The highest BCUT2D eigenvalue weighted by molar-refractivity contribution is 7.89. The van der Waals surface area contributed by atoms with Gasteiger partial charge in [0, 0.05) is 11.7 Å². The summed E-state index contributed by atoms with van der Waals surface area (Å²) in [5.41, 5.74) is 5.40. The summed E-state index contributed by atoms with van der Waals surface area (Å²) in [7, 11) is -3.87. The molecule has 0 saturated carbocycles. The van der Waals surface area contributed by atoms with Crippen LogP contribution in [0, 0.1) is 0 Å². The summed E-state index contributed by atoms with van der Waals surface area (Å²) >= 11 is 0. The van der Waals surface area contributed by atoms with Gasteiger partial charge < -0.3 is 10.8 Å². The third-order valence-corrected chi connectivity index (χ3v) is 4.55. The summed E-state index contributed by atoms with van der Waals surface area (Å²) in [6.45, 7) is 3.84. The number of carbonyl (C=O) groups is 1. The van der Waals surface area contributed by atoms with E-state index in [1.165, 1.54) is 12.1 Å². The fraction of sp³-hybridized carbons (Fsp3) is 0.462. The maximum atomic E-state index is 12.3. The Morgan fingerprint density at radius 2 is 2.05 bits per heavy atom. The summed E-state index contributed by atoms with van der Waals surface area (Å²) in [5.74, 6) is -1.32. The second-order valence-corrected chi connectivity index (χ2v) is 6.26. The first-order chi connectivity index (χ1) is 9.31. The number of hydrogen-bond acceptors (Lipinski definition) is 4. The Bertz CT molecular complexity index is 584. The third-order valence-electron chi connectivity index (χ3n) is 2.98. The van der Waals surface area contributed by atoms with Crippen LogP contribution < -0.4 is 10.5 Å². The number of nitrogens with one attached hydrogen (secondary N) is 1. The molecule has 1 rings (SSSR count). The fourth-order valence-corrected chi connectivity index (χ4v) is 3.46. The van der Waals surface area contributed by atoms with E-state index < -0.39 is 16.0 Å². The van der Waals surface area contributed by atoms with Gasteiger partial charge in [-0.05, 0) is 31.0 Å². The predicted molar refractivity (Wildman–Crippen MR) is 77.1 cm³/mol. The minimum atomic E-state index is -3.87. The Hall–Kier alpha value is -1.60. The Balaban J connectivity index is 3.18. The molecule has 1 aromatic rings. The number of anilines is 1. The lowest BCUT2D eigenvalue weighted by Crippen LogP contribution is -2.35. The molecule has 0 bridgehead atoms. The molecular weight excluding hydrogens is 280 g/mol. The molecule has 4 N–H and O–H groups in total. The zero-order valence-electron chi connectivity index (χ0n) is 11.6. The van der Waals surface area contributed by atoms with Crippen molar-refractivity contribution < 1.29 is 18.3 Å². The maximum Gasteiger partial charge on any atom is 0.337 e. The molecule has 0 fully saturated rings.